The number of hydrogen-bond donors (Lipinski definition) is 1. The number of pyridine rings is 2. The number of carbonyl (C=O) groups is 3. The maximum Gasteiger partial charge on any atom is 0.176 e. The van der Waals surface area contributed by atoms with E-state index in [2.05, 4.69) is 177 Å². The number of imidazole rings is 3. The molecule has 496 valence electrons. The molecule has 14 rings (SSSR count). The van der Waals surface area contributed by atoms with Crippen molar-refractivity contribution >= 4 is 17.3 Å². The number of fused-ring (bicyclic) bond motifs is 9. The minimum absolute atomic E-state index is 0.000518. The molecule has 6 aliphatic rings. The SMILES string of the molecule is CC(C)c1ccc(-c2nc3c(n2Cc2cc(CC(C)c4ccc(-c5nc6c(n5Cc5ccnc(CC(C)c7ccc(-c8nc9c(n8CCO)CC[C@@H]8[C@@H](C)C(=O)C(C#N)=C[C@@]98C)cc7)c5)CC[C@@H]5[C@@H](C)C(=O)C(C#N)=C[C@@]65C)cc4)ccn2)CC[C@@H]2[C@@H](C)C(=O)C(C#N)=C[C@@]32C)cc1. The third-order valence-electron chi connectivity index (χ3n) is 23.8. The van der Waals surface area contributed by atoms with Crippen LogP contribution < -0.4 is 0 Å². The van der Waals surface area contributed by atoms with Crippen molar-refractivity contribution in [3.05, 3.63) is 218 Å². The summed E-state index contributed by atoms with van der Waals surface area (Å²) in [5, 5.41) is 40.7. The average Bonchev–Trinajstić information content (AvgIpc) is 1.49. The first-order valence-electron chi connectivity index (χ1n) is 35.2. The van der Waals surface area contributed by atoms with Crippen molar-refractivity contribution in [1.82, 2.24) is 38.6 Å². The first-order chi connectivity index (χ1) is 47.1. The second kappa shape index (κ2) is 25.3. The lowest BCUT2D eigenvalue weighted by atomic mass is 9.58. The summed E-state index contributed by atoms with van der Waals surface area (Å²) < 4.78 is 6.82. The van der Waals surface area contributed by atoms with Crippen LogP contribution in [0.5, 0.6) is 0 Å². The molecule has 1 N–H and O–H groups in total. The van der Waals surface area contributed by atoms with Gasteiger partial charge in [0.2, 0.25) is 0 Å². The van der Waals surface area contributed by atoms with E-state index in [1.165, 1.54) is 16.7 Å². The Bertz CT molecular complexity index is 4790. The van der Waals surface area contributed by atoms with Crippen molar-refractivity contribution in [2.24, 2.45) is 35.5 Å². The lowest BCUT2D eigenvalue weighted by molar-refractivity contribution is -0.122. The van der Waals surface area contributed by atoms with Gasteiger partial charge in [-0.3, -0.25) is 24.4 Å². The van der Waals surface area contributed by atoms with Crippen molar-refractivity contribution in [2.75, 3.05) is 6.61 Å². The Balaban J connectivity index is 0.727. The van der Waals surface area contributed by atoms with Gasteiger partial charge in [0.15, 0.2) is 17.3 Å². The molecule has 0 bridgehead atoms. The average molecular weight is 1300 g/mol. The molecular formula is C83H85N11O4. The highest BCUT2D eigenvalue weighted by Crippen LogP contribution is 2.54. The number of nitriles is 3. The minimum Gasteiger partial charge on any atom is -0.395 e. The maximum absolute atomic E-state index is 13.5. The van der Waals surface area contributed by atoms with E-state index in [4.69, 9.17) is 24.9 Å². The summed E-state index contributed by atoms with van der Waals surface area (Å²) in [6.07, 6.45) is 15.6. The van der Waals surface area contributed by atoms with Crippen molar-refractivity contribution in [3.8, 4) is 52.4 Å². The smallest absolute Gasteiger partial charge is 0.176 e. The van der Waals surface area contributed by atoms with E-state index in [-0.39, 0.29) is 88.0 Å². The molecule has 11 atom stereocenters. The van der Waals surface area contributed by atoms with Gasteiger partial charge in [0.05, 0.1) is 52.6 Å². The first-order valence-corrected chi connectivity index (χ1v) is 35.2. The Labute approximate surface area is 574 Å². The second-order valence-corrected chi connectivity index (χ2v) is 30.0. The number of benzene rings is 3. The van der Waals surface area contributed by atoms with Crippen LogP contribution in [0, 0.1) is 69.5 Å². The highest BCUT2D eigenvalue weighted by Gasteiger charge is 2.53. The van der Waals surface area contributed by atoms with Gasteiger partial charge in [0, 0.05) is 98.9 Å². The molecule has 0 saturated heterocycles. The van der Waals surface area contributed by atoms with E-state index in [0.29, 0.717) is 32.0 Å². The normalized spacial score (nSPS) is 25.2. The number of rotatable bonds is 16. The van der Waals surface area contributed by atoms with E-state index in [0.717, 1.165) is 136 Å². The molecule has 2 unspecified atom stereocenters. The molecular weight excluding hydrogens is 1210 g/mol. The van der Waals surface area contributed by atoms with E-state index in [1.807, 2.05) is 51.4 Å². The molecule has 0 amide bonds. The molecule has 6 aliphatic carbocycles. The Morgan fingerprint density at radius 1 is 0.490 bits per heavy atom. The lowest BCUT2D eigenvalue weighted by Crippen LogP contribution is -2.45. The molecule has 0 spiro atoms. The fourth-order valence-electron chi connectivity index (χ4n) is 18.3. The second-order valence-electron chi connectivity index (χ2n) is 30.0. The van der Waals surface area contributed by atoms with E-state index in [9.17, 15) is 35.3 Å². The van der Waals surface area contributed by atoms with Gasteiger partial charge in [-0.25, -0.2) is 15.0 Å². The fraction of sp³-hybridized carbons (Fsp3) is 0.410. The van der Waals surface area contributed by atoms with Crippen LogP contribution in [0.4, 0.5) is 0 Å². The zero-order valence-corrected chi connectivity index (χ0v) is 57.9. The quantitative estimate of drug-likeness (QED) is 0.0954. The van der Waals surface area contributed by atoms with Gasteiger partial charge in [0.25, 0.3) is 0 Å². The van der Waals surface area contributed by atoms with Crippen LogP contribution in [0.2, 0.25) is 0 Å². The summed E-state index contributed by atoms with van der Waals surface area (Å²) in [5.41, 5.74) is 15.6. The molecule has 15 heteroatoms. The molecule has 5 heterocycles. The standard InChI is InChI=1S/C83H85N11O4/c1-47(2)55-11-17-59(18-12-55)80-91-77-71(28-25-68-52(7)74(98)63(44-86)41-83(68,77)10)94(80)46-65-37-53(29-31-88-65)35-48(3)56-13-21-60(22-14-56)79-90-76-70(27-24-67-51(6)73(97)62(43-85)40-82(67,76)9)93(79)45-54-30-32-87-64(38-54)36-49(4)57-15-19-58(20-16-57)78-89-75-69(92(78)33-34-95)26-23-66-50(5)72(96)61(42-84)39-81(66,75)8/h11-22,29-32,37-41,47-52,66-68,95H,23-28,33-36,45-46H2,1-10H3/t48?,49?,50-,51-,52-,66-,67-,68-,81-,82-,83-/m1/s1. The number of Topliss-reactive ketones (excluding diaryl/α,β-unsaturated/α-hetero) is 3. The Morgan fingerprint density at radius 3 is 1.28 bits per heavy atom. The highest BCUT2D eigenvalue weighted by molar-refractivity contribution is 6.03. The van der Waals surface area contributed by atoms with Crippen molar-refractivity contribution in [2.45, 2.75) is 174 Å². The van der Waals surface area contributed by atoms with E-state index >= 15 is 0 Å². The van der Waals surface area contributed by atoms with Crippen molar-refractivity contribution in [1.29, 1.82) is 15.8 Å². The molecule has 3 aromatic carbocycles. The molecule has 8 aromatic rings. The molecule has 5 aromatic heterocycles. The van der Waals surface area contributed by atoms with Crippen LogP contribution in [0.25, 0.3) is 34.2 Å². The van der Waals surface area contributed by atoms with Gasteiger partial charge in [0.1, 0.15) is 35.7 Å². The van der Waals surface area contributed by atoms with Crippen LogP contribution in [-0.4, -0.2) is 67.7 Å². The van der Waals surface area contributed by atoms with Gasteiger partial charge >= 0.3 is 0 Å². The zero-order chi connectivity index (χ0) is 68.9. The summed E-state index contributed by atoms with van der Waals surface area (Å²) in [5.74, 6) is 2.06. The molecule has 98 heavy (non-hydrogen) atoms. The molecule has 0 aliphatic heterocycles. The maximum atomic E-state index is 13.5. The van der Waals surface area contributed by atoms with Gasteiger partial charge in [-0.2, -0.15) is 15.8 Å². The van der Waals surface area contributed by atoms with Crippen molar-refractivity contribution < 1.29 is 19.5 Å². The minimum atomic E-state index is -0.625. The summed E-state index contributed by atoms with van der Waals surface area (Å²) in [7, 11) is 0. The molecule has 15 nitrogen and oxygen atoms in total. The fourth-order valence-corrected chi connectivity index (χ4v) is 18.3. The Morgan fingerprint density at radius 2 is 0.857 bits per heavy atom. The third-order valence-corrected chi connectivity index (χ3v) is 23.8. The number of carbonyl (C=O) groups excluding carboxylic acids is 3. The largest absolute Gasteiger partial charge is 0.395 e. The first kappa shape index (κ1) is 65.5. The third kappa shape index (κ3) is 11.0. The Hall–Kier alpha value is -9.75. The summed E-state index contributed by atoms with van der Waals surface area (Å²) in [6, 6.07) is 41.3. The predicted molar refractivity (Wildman–Crippen MR) is 376 cm³/mol. The van der Waals surface area contributed by atoms with Crippen LogP contribution in [-0.2, 0) is 82.4 Å². The van der Waals surface area contributed by atoms with Crippen LogP contribution in [0.3, 0.4) is 0 Å². The molecule has 0 radical (unpaired) electrons. The van der Waals surface area contributed by atoms with Gasteiger partial charge in [-0.1, -0.05) is 160 Å². The number of hydrogen-bond acceptors (Lipinski definition) is 12. The van der Waals surface area contributed by atoms with Crippen molar-refractivity contribution in [3.63, 3.8) is 0 Å². The van der Waals surface area contributed by atoms with Crippen LogP contribution in [0.1, 0.15) is 180 Å². The highest BCUT2D eigenvalue weighted by atomic mass is 16.3. The van der Waals surface area contributed by atoms with Gasteiger partial charge in [-0.05, 0) is 139 Å². The Kier molecular flexibility index (Phi) is 16.9. The molecule has 0 saturated carbocycles. The zero-order valence-electron chi connectivity index (χ0n) is 57.9. The number of aromatic nitrogens is 8. The summed E-state index contributed by atoms with van der Waals surface area (Å²) >= 11 is 0. The van der Waals surface area contributed by atoms with Gasteiger partial charge in [-0.15, -0.1) is 0 Å². The number of allylic oxidation sites excluding steroid dienone is 6. The van der Waals surface area contributed by atoms with Gasteiger partial charge < -0.3 is 18.8 Å². The predicted octanol–water partition coefficient (Wildman–Crippen LogP) is 14.4. The van der Waals surface area contributed by atoms with Crippen LogP contribution in [0.15, 0.2) is 144 Å². The van der Waals surface area contributed by atoms with Crippen LogP contribution >= 0.6 is 0 Å². The lowest BCUT2D eigenvalue weighted by Gasteiger charge is -2.44. The topological polar surface area (TPSA) is 222 Å². The summed E-state index contributed by atoms with van der Waals surface area (Å²) in [6.45, 7) is 22.6. The number of nitrogens with zero attached hydrogens (tertiary/aromatic N) is 11. The number of aliphatic hydroxyl groups excluding tert-OH is 1. The number of aliphatic hydroxyl groups is 1. The monoisotopic (exact) mass is 1300 g/mol. The molecule has 0 fully saturated rings. The van der Waals surface area contributed by atoms with E-state index < -0.39 is 16.2 Å². The van der Waals surface area contributed by atoms with E-state index in [1.54, 1.807) is 0 Å². The summed E-state index contributed by atoms with van der Waals surface area (Å²) in [4.78, 5) is 66.3. The number of ketones is 3.